The van der Waals surface area contributed by atoms with E-state index < -0.39 is 0 Å². The van der Waals surface area contributed by atoms with Crippen molar-refractivity contribution >= 4 is 17.5 Å². The van der Waals surface area contributed by atoms with Gasteiger partial charge in [0.1, 0.15) is 0 Å². The molecular formula is C22H26N2O3. The molecule has 0 bridgehead atoms. The molecule has 2 N–H and O–H groups in total. The Bertz CT molecular complexity index is 780. The minimum absolute atomic E-state index is 0.0933. The first kappa shape index (κ1) is 19.1. The van der Waals surface area contributed by atoms with Gasteiger partial charge in [-0.2, -0.15) is 0 Å². The molecule has 2 amide bonds. The summed E-state index contributed by atoms with van der Waals surface area (Å²) in [6.07, 6.45) is 3.38. The fourth-order valence-corrected chi connectivity index (χ4v) is 3.15. The van der Waals surface area contributed by atoms with Crippen molar-refractivity contribution in [3.8, 4) is 0 Å². The number of ether oxygens (including phenoxy) is 1. The first-order valence-electron chi connectivity index (χ1n) is 9.46. The zero-order chi connectivity index (χ0) is 19.1. The Morgan fingerprint density at radius 2 is 1.89 bits per heavy atom. The van der Waals surface area contributed by atoms with Crippen LogP contribution >= 0.6 is 0 Å². The first-order valence-corrected chi connectivity index (χ1v) is 9.46. The van der Waals surface area contributed by atoms with Crippen LogP contribution in [-0.4, -0.2) is 24.5 Å². The van der Waals surface area contributed by atoms with Gasteiger partial charge < -0.3 is 15.4 Å². The number of rotatable bonds is 7. The molecule has 0 saturated carbocycles. The molecule has 1 aliphatic rings. The first-order chi connectivity index (χ1) is 13.1. The minimum atomic E-state index is -0.203. The Morgan fingerprint density at radius 1 is 1.11 bits per heavy atom. The van der Waals surface area contributed by atoms with Gasteiger partial charge in [-0.15, -0.1) is 0 Å². The van der Waals surface area contributed by atoms with Crippen molar-refractivity contribution in [2.24, 2.45) is 0 Å². The highest BCUT2D eigenvalue weighted by molar-refractivity contribution is 6.03. The molecular weight excluding hydrogens is 340 g/mol. The van der Waals surface area contributed by atoms with Crippen molar-refractivity contribution < 1.29 is 14.3 Å². The number of anilines is 1. The molecule has 1 fully saturated rings. The molecule has 5 nitrogen and oxygen atoms in total. The second-order valence-electron chi connectivity index (χ2n) is 6.94. The van der Waals surface area contributed by atoms with E-state index in [1.54, 1.807) is 18.2 Å². The highest BCUT2D eigenvalue weighted by atomic mass is 16.5. The largest absolute Gasteiger partial charge is 0.378 e. The molecule has 3 rings (SSSR count). The summed E-state index contributed by atoms with van der Waals surface area (Å²) >= 11 is 0. The van der Waals surface area contributed by atoms with E-state index in [1.807, 2.05) is 37.3 Å². The highest BCUT2D eigenvalue weighted by Gasteiger charge is 2.18. The molecule has 2 aromatic rings. The van der Waals surface area contributed by atoms with Crippen LogP contribution in [0.3, 0.4) is 0 Å². The summed E-state index contributed by atoms with van der Waals surface area (Å²) in [5.41, 5.74) is 3.22. The van der Waals surface area contributed by atoms with Crippen LogP contribution in [0.5, 0.6) is 0 Å². The normalized spacial score (nSPS) is 16.1. The third-order valence-corrected chi connectivity index (χ3v) is 4.74. The van der Waals surface area contributed by atoms with Crippen LogP contribution in [0.25, 0.3) is 0 Å². The zero-order valence-electron chi connectivity index (χ0n) is 15.7. The molecule has 0 aromatic heterocycles. The summed E-state index contributed by atoms with van der Waals surface area (Å²) in [6, 6.07) is 15.1. The number of carbonyl (C=O) groups is 2. The molecule has 27 heavy (non-hydrogen) atoms. The molecule has 1 heterocycles. The average molecular weight is 366 g/mol. The van der Waals surface area contributed by atoms with Crippen molar-refractivity contribution in [2.75, 3.05) is 11.9 Å². The molecule has 0 spiro atoms. The maximum absolute atomic E-state index is 12.6. The van der Waals surface area contributed by atoms with E-state index in [2.05, 4.69) is 10.6 Å². The summed E-state index contributed by atoms with van der Waals surface area (Å²) in [5, 5.41) is 5.78. The number of para-hydroxylation sites is 1. The van der Waals surface area contributed by atoms with Crippen LogP contribution < -0.4 is 10.6 Å². The number of nitrogens with one attached hydrogen (secondary N) is 2. The number of carbonyl (C=O) groups excluding carboxylic acids is 2. The smallest absolute Gasteiger partial charge is 0.253 e. The van der Waals surface area contributed by atoms with Crippen LogP contribution in [0.15, 0.2) is 48.5 Å². The third-order valence-electron chi connectivity index (χ3n) is 4.74. The van der Waals surface area contributed by atoms with Gasteiger partial charge in [0.25, 0.3) is 5.91 Å². The number of amides is 2. The van der Waals surface area contributed by atoms with Gasteiger partial charge in [-0.3, -0.25) is 9.59 Å². The number of aryl methyl sites for hydroxylation is 1. The lowest BCUT2D eigenvalue weighted by molar-refractivity contribution is -0.116. The topological polar surface area (TPSA) is 67.4 Å². The van der Waals surface area contributed by atoms with Crippen molar-refractivity contribution in [3.05, 3.63) is 65.2 Å². The third kappa shape index (κ3) is 5.66. The van der Waals surface area contributed by atoms with Gasteiger partial charge in [0, 0.05) is 19.6 Å². The average Bonchev–Trinajstić information content (AvgIpc) is 3.20. The monoisotopic (exact) mass is 366 g/mol. The van der Waals surface area contributed by atoms with E-state index >= 15 is 0 Å². The lowest BCUT2D eigenvalue weighted by Gasteiger charge is -2.13. The lowest BCUT2D eigenvalue weighted by Crippen LogP contribution is -2.25. The maximum Gasteiger partial charge on any atom is 0.253 e. The molecule has 0 aliphatic carbocycles. The SMILES string of the molecule is Cc1ccc(CNC(=O)c2ccccc2NC(=O)CCC2CCCO2)cc1. The quantitative estimate of drug-likeness (QED) is 0.783. The number of hydrogen-bond donors (Lipinski definition) is 2. The summed E-state index contributed by atoms with van der Waals surface area (Å²) in [4.78, 5) is 24.8. The Labute approximate surface area is 160 Å². The van der Waals surface area contributed by atoms with Gasteiger partial charge in [0.15, 0.2) is 0 Å². The maximum atomic E-state index is 12.6. The second-order valence-corrected chi connectivity index (χ2v) is 6.94. The Balaban J connectivity index is 1.56. The predicted molar refractivity (Wildman–Crippen MR) is 106 cm³/mol. The molecule has 142 valence electrons. The summed E-state index contributed by atoms with van der Waals surface area (Å²) in [5.74, 6) is -0.296. The fraction of sp³-hybridized carbons (Fsp3) is 0.364. The van der Waals surface area contributed by atoms with Crippen LogP contribution in [0.2, 0.25) is 0 Å². The summed E-state index contributed by atoms with van der Waals surface area (Å²) < 4.78 is 5.55. The zero-order valence-corrected chi connectivity index (χ0v) is 15.7. The van der Waals surface area contributed by atoms with E-state index in [1.165, 1.54) is 5.56 Å². The van der Waals surface area contributed by atoms with Gasteiger partial charge >= 0.3 is 0 Å². The minimum Gasteiger partial charge on any atom is -0.378 e. The van der Waals surface area contributed by atoms with Crippen molar-refractivity contribution in [3.63, 3.8) is 0 Å². The van der Waals surface area contributed by atoms with E-state index in [-0.39, 0.29) is 17.9 Å². The second kappa shape index (κ2) is 9.33. The summed E-state index contributed by atoms with van der Waals surface area (Å²) in [6.45, 7) is 3.26. The van der Waals surface area contributed by atoms with E-state index in [0.29, 0.717) is 30.6 Å². The van der Waals surface area contributed by atoms with Gasteiger partial charge in [-0.1, -0.05) is 42.0 Å². The molecule has 5 heteroatoms. The molecule has 1 atom stereocenters. The van der Waals surface area contributed by atoms with Gasteiger partial charge in [-0.05, 0) is 43.9 Å². The molecule has 0 radical (unpaired) electrons. The van der Waals surface area contributed by atoms with Crippen molar-refractivity contribution in [1.29, 1.82) is 0 Å². The highest BCUT2D eigenvalue weighted by Crippen LogP contribution is 2.19. The van der Waals surface area contributed by atoms with Crippen molar-refractivity contribution in [1.82, 2.24) is 5.32 Å². The van der Waals surface area contributed by atoms with Crippen LogP contribution in [0.1, 0.15) is 47.2 Å². The van der Waals surface area contributed by atoms with Crippen LogP contribution in [0.4, 0.5) is 5.69 Å². The fourth-order valence-electron chi connectivity index (χ4n) is 3.15. The van der Waals surface area contributed by atoms with Crippen molar-refractivity contribution in [2.45, 2.75) is 45.3 Å². The number of hydrogen-bond acceptors (Lipinski definition) is 3. The summed E-state index contributed by atoms with van der Waals surface area (Å²) in [7, 11) is 0. The van der Waals surface area contributed by atoms with E-state index in [9.17, 15) is 9.59 Å². The van der Waals surface area contributed by atoms with Gasteiger partial charge in [0.2, 0.25) is 5.91 Å². The standard InChI is InChI=1S/C22H26N2O3/c1-16-8-10-17(11-9-16)15-23-22(26)19-6-2-3-7-20(19)24-21(25)13-12-18-5-4-14-27-18/h2-3,6-11,18H,4-5,12-15H2,1H3,(H,23,26)(H,24,25). The number of benzene rings is 2. The predicted octanol–water partition coefficient (Wildman–Crippen LogP) is 3.82. The van der Waals surface area contributed by atoms with Gasteiger partial charge in [0.05, 0.1) is 17.4 Å². The molecule has 1 aliphatic heterocycles. The van der Waals surface area contributed by atoms with Gasteiger partial charge in [-0.25, -0.2) is 0 Å². The van der Waals surface area contributed by atoms with E-state index in [0.717, 1.165) is 25.0 Å². The van der Waals surface area contributed by atoms with E-state index in [4.69, 9.17) is 4.74 Å². The van der Waals surface area contributed by atoms with Crippen LogP contribution in [-0.2, 0) is 16.1 Å². The molecule has 1 saturated heterocycles. The molecule has 2 aromatic carbocycles. The lowest BCUT2D eigenvalue weighted by atomic mass is 10.1. The molecule has 1 unspecified atom stereocenters. The Hall–Kier alpha value is -2.66. The Kier molecular flexibility index (Phi) is 6.60. The Morgan fingerprint density at radius 3 is 2.63 bits per heavy atom. The van der Waals surface area contributed by atoms with Crippen LogP contribution in [0, 0.1) is 6.92 Å².